The minimum absolute atomic E-state index is 0.182. The van der Waals surface area contributed by atoms with E-state index >= 15 is 0 Å². The summed E-state index contributed by atoms with van der Waals surface area (Å²) in [6.07, 6.45) is -1.45. The van der Waals surface area contributed by atoms with Crippen LogP contribution in [0.25, 0.3) is 0 Å². The number of halogens is 3. The van der Waals surface area contributed by atoms with Gasteiger partial charge in [0.1, 0.15) is 0 Å². The van der Waals surface area contributed by atoms with Gasteiger partial charge in [0, 0.05) is 26.4 Å². The van der Waals surface area contributed by atoms with Crippen LogP contribution >= 0.6 is 0 Å². The third kappa shape index (κ3) is 4.94. The summed E-state index contributed by atoms with van der Waals surface area (Å²) in [7, 11) is 3.26. The number of carbonyl (C=O) groups excluding carboxylic acids is 1. The lowest BCUT2D eigenvalue weighted by Gasteiger charge is -2.08. The van der Waals surface area contributed by atoms with E-state index in [1.165, 1.54) is 27.9 Å². The SMILES string of the molecule is CN(C)C(=O)c1cnn(Cc2ccc(OCC(F)(F)F)nn2)c1. The fourth-order valence-corrected chi connectivity index (χ4v) is 1.65. The van der Waals surface area contributed by atoms with E-state index in [0.29, 0.717) is 11.3 Å². The summed E-state index contributed by atoms with van der Waals surface area (Å²) in [4.78, 5) is 13.2. The maximum absolute atomic E-state index is 12.0. The van der Waals surface area contributed by atoms with Gasteiger partial charge in [0.25, 0.3) is 5.91 Å². The van der Waals surface area contributed by atoms with Gasteiger partial charge in [-0.25, -0.2) is 0 Å². The molecule has 0 fully saturated rings. The number of nitrogens with zero attached hydrogens (tertiary/aromatic N) is 5. The normalized spacial score (nSPS) is 11.3. The summed E-state index contributed by atoms with van der Waals surface area (Å²) in [6.45, 7) is -1.19. The molecule has 1 amide bonds. The van der Waals surface area contributed by atoms with Crippen molar-refractivity contribution in [2.24, 2.45) is 0 Å². The predicted molar refractivity (Wildman–Crippen MR) is 72.9 cm³/mol. The van der Waals surface area contributed by atoms with Crippen molar-refractivity contribution in [2.75, 3.05) is 20.7 Å². The van der Waals surface area contributed by atoms with Crippen molar-refractivity contribution in [3.8, 4) is 5.88 Å². The van der Waals surface area contributed by atoms with E-state index in [2.05, 4.69) is 20.0 Å². The number of rotatable bonds is 5. The van der Waals surface area contributed by atoms with Gasteiger partial charge in [-0.1, -0.05) is 0 Å². The largest absolute Gasteiger partial charge is 0.467 e. The van der Waals surface area contributed by atoms with Crippen LogP contribution in [0, 0.1) is 0 Å². The third-order valence-corrected chi connectivity index (χ3v) is 2.69. The van der Waals surface area contributed by atoms with Crippen LogP contribution in [0.3, 0.4) is 0 Å². The lowest BCUT2D eigenvalue weighted by atomic mass is 10.3. The van der Waals surface area contributed by atoms with Crippen molar-refractivity contribution in [1.29, 1.82) is 0 Å². The first-order valence-electron chi connectivity index (χ1n) is 6.51. The predicted octanol–water partition coefficient (Wildman–Crippen LogP) is 1.36. The standard InChI is InChI=1S/C13H14F3N5O2/c1-20(2)12(22)9-5-17-21(6-9)7-10-3-4-11(19-18-10)23-8-13(14,15)16/h3-6H,7-8H2,1-2H3. The van der Waals surface area contributed by atoms with Gasteiger partial charge in [-0.05, 0) is 6.07 Å². The molecule has 7 nitrogen and oxygen atoms in total. The molecule has 124 valence electrons. The van der Waals surface area contributed by atoms with Gasteiger partial charge in [-0.15, -0.1) is 10.2 Å². The van der Waals surface area contributed by atoms with E-state index in [-0.39, 0.29) is 18.3 Å². The first-order valence-corrected chi connectivity index (χ1v) is 6.51. The molecule has 0 saturated carbocycles. The lowest BCUT2D eigenvalue weighted by Crippen LogP contribution is -2.21. The Morgan fingerprint density at radius 3 is 2.61 bits per heavy atom. The van der Waals surface area contributed by atoms with E-state index in [4.69, 9.17) is 0 Å². The summed E-state index contributed by atoms with van der Waals surface area (Å²) in [5.41, 5.74) is 0.893. The molecule has 0 aromatic carbocycles. The molecule has 0 aliphatic rings. The molecule has 0 unspecified atom stereocenters. The number of hydrogen-bond donors (Lipinski definition) is 0. The minimum atomic E-state index is -4.43. The molecule has 0 N–H and O–H groups in total. The molecule has 0 spiro atoms. The number of aromatic nitrogens is 4. The Bertz CT molecular complexity index is 667. The maximum atomic E-state index is 12.0. The van der Waals surface area contributed by atoms with Gasteiger partial charge in [0.2, 0.25) is 5.88 Å². The second-order valence-corrected chi connectivity index (χ2v) is 4.89. The van der Waals surface area contributed by atoms with Gasteiger partial charge in [0.15, 0.2) is 6.61 Å². The van der Waals surface area contributed by atoms with Crippen LogP contribution in [0.1, 0.15) is 16.1 Å². The first-order chi connectivity index (χ1) is 10.7. The van der Waals surface area contributed by atoms with Crippen molar-refractivity contribution in [1.82, 2.24) is 24.9 Å². The van der Waals surface area contributed by atoms with Crippen LogP contribution in [-0.2, 0) is 6.54 Å². The highest BCUT2D eigenvalue weighted by molar-refractivity contribution is 5.93. The average molecular weight is 329 g/mol. The molecule has 0 aliphatic carbocycles. The molecule has 2 aromatic heterocycles. The first kappa shape index (κ1) is 16.7. The smallest absolute Gasteiger partial charge is 0.422 e. The number of ether oxygens (including phenoxy) is 1. The average Bonchev–Trinajstić information content (AvgIpc) is 2.93. The number of carbonyl (C=O) groups is 1. The number of hydrogen-bond acceptors (Lipinski definition) is 5. The van der Waals surface area contributed by atoms with Gasteiger partial charge >= 0.3 is 6.18 Å². The monoisotopic (exact) mass is 329 g/mol. The molecule has 0 atom stereocenters. The van der Waals surface area contributed by atoms with Gasteiger partial charge < -0.3 is 9.64 Å². The van der Waals surface area contributed by atoms with Crippen molar-refractivity contribution < 1.29 is 22.7 Å². The van der Waals surface area contributed by atoms with E-state index in [9.17, 15) is 18.0 Å². The Morgan fingerprint density at radius 1 is 1.30 bits per heavy atom. The Balaban J connectivity index is 1.97. The summed E-state index contributed by atoms with van der Waals surface area (Å²) in [6, 6.07) is 2.78. The maximum Gasteiger partial charge on any atom is 0.422 e. The zero-order chi connectivity index (χ0) is 17.0. The molecule has 2 aromatic rings. The topological polar surface area (TPSA) is 73.1 Å². The molecular weight excluding hydrogens is 315 g/mol. The number of alkyl halides is 3. The van der Waals surface area contributed by atoms with Crippen LogP contribution in [0.2, 0.25) is 0 Å². The summed E-state index contributed by atoms with van der Waals surface area (Å²) < 4.78 is 42.0. The molecule has 0 aliphatic heterocycles. The summed E-state index contributed by atoms with van der Waals surface area (Å²) in [5.74, 6) is -0.395. The van der Waals surface area contributed by atoms with Crippen LogP contribution < -0.4 is 4.74 Å². The van der Waals surface area contributed by atoms with Crippen molar-refractivity contribution in [3.63, 3.8) is 0 Å². The van der Waals surface area contributed by atoms with Crippen molar-refractivity contribution in [2.45, 2.75) is 12.7 Å². The summed E-state index contributed by atoms with van der Waals surface area (Å²) >= 11 is 0. The molecule has 23 heavy (non-hydrogen) atoms. The van der Waals surface area contributed by atoms with Crippen molar-refractivity contribution in [3.05, 3.63) is 35.8 Å². The Labute approximate surface area is 129 Å². The van der Waals surface area contributed by atoms with E-state index in [1.54, 1.807) is 20.3 Å². The highest BCUT2D eigenvalue weighted by atomic mass is 19.4. The fourth-order valence-electron chi connectivity index (χ4n) is 1.65. The highest BCUT2D eigenvalue weighted by Crippen LogP contribution is 2.16. The molecule has 2 heterocycles. The lowest BCUT2D eigenvalue weighted by molar-refractivity contribution is -0.154. The molecule has 2 rings (SSSR count). The van der Waals surface area contributed by atoms with E-state index in [0.717, 1.165) is 0 Å². The molecule has 0 bridgehead atoms. The Kier molecular flexibility index (Phi) is 4.82. The van der Waals surface area contributed by atoms with Gasteiger partial charge in [0.05, 0.1) is 24.0 Å². The highest BCUT2D eigenvalue weighted by Gasteiger charge is 2.28. The molecule has 0 saturated heterocycles. The number of amides is 1. The van der Waals surface area contributed by atoms with Crippen LogP contribution in [0.15, 0.2) is 24.5 Å². The Morgan fingerprint density at radius 2 is 2.04 bits per heavy atom. The second-order valence-electron chi connectivity index (χ2n) is 4.89. The fraction of sp³-hybridized carbons (Fsp3) is 0.385. The molecule has 0 radical (unpaired) electrons. The zero-order valence-electron chi connectivity index (χ0n) is 12.4. The second kappa shape index (κ2) is 6.63. The van der Waals surface area contributed by atoms with E-state index < -0.39 is 12.8 Å². The van der Waals surface area contributed by atoms with Crippen molar-refractivity contribution >= 4 is 5.91 Å². The van der Waals surface area contributed by atoms with Gasteiger partial charge in [-0.2, -0.15) is 18.3 Å². The molecular formula is C13H14F3N5O2. The van der Waals surface area contributed by atoms with Crippen LogP contribution in [0.4, 0.5) is 13.2 Å². The van der Waals surface area contributed by atoms with Crippen LogP contribution in [-0.4, -0.2) is 57.7 Å². The summed E-state index contributed by atoms with van der Waals surface area (Å²) in [5, 5.41) is 11.4. The minimum Gasteiger partial charge on any atom is -0.467 e. The Hall–Kier alpha value is -2.65. The molecule has 10 heteroatoms. The van der Waals surface area contributed by atoms with Gasteiger partial charge in [-0.3, -0.25) is 9.48 Å². The zero-order valence-corrected chi connectivity index (χ0v) is 12.4. The van der Waals surface area contributed by atoms with E-state index in [1.807, 2.05) is 0 Å². The quantitative estimate of drug-likeness (QED) is 0.828. The van der Waals surface area contributed by atoms with Crippen LogP contribution in [0.5, 0.6) is 5.88 Å². The third-order valence-electron chi connectivity index (χ3n) is 2.69.